The minimum Gasteiger partial charge on any atom is -0.320 e. The minimum atomic E-state index is -6.46. The summed E-state index contributed by atoms with van der Waals surface area (Å²) in [6, 6.07) is 8.47. The van der Waals surface area contributed by atoms with Crippen LogP contribution in [0.1, 0.15) is 43.5 Å². The first-order chi connectivity index (χ1) is 21.4. The summed E-state index contributed by atoms with van der Waals surface area (Å²) in [4.78, 5) is 31.0. The second kappa shape index (κ2) is 12.3. The number of nitrogens with zero attached hydrogens (tertiary/aromatic N) is 9. The van der Waals surface area contributed by atoms with Gasteiger partial charge in [0, 0.05) is 20.3 Å². The number of carbonyl (C=O) groups excluding carboxylic acids is 2. The number of hydrogen-bond acceptors (Lipinski definition) is 9. The van der Waals surface area contributed by atoms with E-state index in [0.29, 0.717) is 5.56 Å². The maximum atomic E-state index is 14.4. The van der Waals surface area contributed by atoms with Crippen LogP contribution in [0, 0.1) is 18.3 Å². The number of halogens is 8. The van der Waals surface area contributed by atoms with E-state index in [9.17, 15) is 45.6 Å². The van der Waals surface area contributed by atoms with Gasteiger partial charge in [-0.3, -0.25) is 14.6 Å². The first-order valence-corrected chi connectivity index (χ1v) is 12.9. The van der Waals surface area contributed by atoms with E-state index in [0.717, 1.165) is 15.8 Å². The highest BCUT2D eigenvalue weighted by Crippen LogP contribution is 2.51. The normalized spacial score (nSPS) is 12.1. The average Bonchev–Trinajstić information content (AvgIpc) is 3.63. The Morgan fingerprint density at radius 3 is 2.35 bits per heavy atom. The third-order valence-corrected chi connectivity index (χ3v) is 6.65. The summed E-state index contributed by atoms with van der Waals surface area (Å²) in [6.45, 7) is 0.731. The number of anilines is 1. The molecular formula is C25H19ClF7N11O2. The van der Waals surface area contributed by atoms with E-state index in [1.807, 2.05) is 6.07 Å². The number of nitriles is 1. The Hall–Kier alpha value is -5.16. The van der Waals surface area contributed by atoms with Crippen molar-refractivity contribution in [3.8, 4) is 11.9 Å². The number of rotatable bonds is 8. The number of alkyl halides is 7. The Morgan fingerprint density at radius 1 is 1.09 bits per heavy atom. The van der Waals surface area contributed by atoms with Gasteiger partial charge in [-0.15, -0.1) is 10.2 Å². The minimum absolute atomic E-state index is 0.00121. The van der Waals surface area contributed by atoms with Crippen molar-refractivity contribution >= 4 is 29.1 Å². The zero-order valence-electron chi connectivity index (χ0n) is 23.5. The predicted molar refractivity (Wildman–Crippen MR) is 143 cm³/mol. The van der Waals surface area contributed by atoms with Crippen molar-refractivity contribution in [2.75, 3.05) is 19.4 Å². The fraction of sp³-hybridized carbons (Fsp3) is 0.280. The molecule has 0 unspecified atom stereocenters. The molecule has 0 aliphatic carbocycles. The van der Waals surface area contributed by atoms with Crippen molar-refractivity contribution in [2.24, 2.45) is 0 Å². The molecule has 0 saturated carbocycles. The Morgan fingerprint density at radius 2 is 1.76 bits per heavy atom. The van der Waals surface area contributed by atoms with Crippen LogP contribution in [0.4, 0.5) is 36.4 Å². The molecule has 0 fully saturated rings. The molecule has 2 amide bonds. The Balaban J connectivity index is 1.78. The summed E-state index contributed by atoms with van der Waals surface area (Å²) < 4.78 is 94.2. The Bertz CT molecular complexity index is 1830. The number of pyridine rings is 1. The van der Waals surface area contributed by atoms with Crippen molar-refractivity contribution in [3.63, 3.8) is 0 Å². The van der Waals surface area contributed by atoms with E-state index in [-0.39, 0.29) is 43.8 Å². The van der Waals surface area contributed by atoms with E-state index >= 15 is 0 Å². The molecule has 0 saturated heterocycles. The van der Waals surface area contributed by atoms with Crippen LogP contribution in [-0.2, 0) is 12.2 Å². The van der Waals surface area contributed by atoms with Crippen LogP contribution < -0.4 is 10.7 Å². The van der Waals surface area contributed by atoms with Gasteiger partial charge in [0.05, 0.1) is 33.6 Å². The topological polar surface area (TPSA) is 160 Å². The number of hydrazine groups is 1. The third-order valence-electron chi connectivity index (χ3n) is 6.35. The summed E-state index contributed by atoms with van der Waals surface area (Å²) in [5.41, 5.74) is -3.52. The molecule has 3 heterocycles. The number of benzene rings is 1. The van der Waals surface area contributed by atoms with Gasteiger partial charge in [-0.05, 0) is 48.0 Å². The van der Waals surface area contributed by atoms with Crippen LogP contribution in [0.15, 0.2) is 36.5 Å². The molecule has 0 spiro atoms. The lowest BCUT2D eigenvalue weighted by molar-refractivity contribution is -0.351. The summed E-state index contributed by atoms with van der Waals surface area (Å²) >= 11 is 6.24. The molecule has 242 valence electrons. The first-order valence-electron chi connectivity index (χ1n) is 12.5. The maximum Gasteiger partial charge on any atom is 0.439 e. The van der Waals surface area contributed by atoms with Crippen LogP contribution in [-0.4, -0.2) is 78.2 Å². The van der Waals surface area contributed by atoms with Gasteiger partial charge in [-0.25, -0.2) is 19.5 Å². The highest BCUT2D eigenvalue weighted by molar-refractivity contribution is 6.32. The van der Waals surface area contributed by atoms with Crippen molar-refractivity contribution < 1.29 is 40.3 Å². The summed E-state index contributed by atoms with van der Waals surface area (Å²) in [5, 5.41) is 25.8. The van der Waals surface area contributed by atoms with Crippen LogP contribution in [0.5, 0.6) is 0 Å². The standard InChI is InChI=1S/C25H19ClF7N11O2/c1-12-7-13(10-34)8-15(21(46)42(3)35-2)18(12)37-20(45)17-9-14(39-44(17)19-16(26)5-4-6-36-19)11-43-40-22(38-41-43)23(27,24(28,29)30)25(31,32)33/h4-9,35H,11H2,1-3H3,(H,37,45). The van der Waals surface area contributed by atoms with Crippen LogP contribution >= 0.6 is 11.6 Å². The molecule has 0 aliphatic rings. The van der Waals surface area contributed by atoms with E-state index < -0.39 is 42.2 Å². The van der Waals surface area contributed by atoms with Gasteiger partial charge < -0.3 is 5.32 Å². The monoisotopic (exact) mass is 673 g/mol. The van der Waals surface area contributed by atoms with Crippen LogP contribution in [0.25, 0.3) is 5.82 Å². The number of tetrazole rings is 1. The fourth-order valence-electron chi connectivity index (χ4n) is 4.02. The molecule has 21 heteroatoms. The molecule has 3 aromatic heterocycles. The SMILES string of the molecule is CNN(C)C(=O)c1cc(C#N)cc(C)c1NC(=O)c1cc(Cn2nnc(C(F)(C(F)(F)F)C(F)(F)F)n2)nn1-c1ncccc1Cl. The molecular weight excluding hydrogens is 655 g/mol. The van der Waals surface area contributed by atoms with Crippen molar-refractivity contribution in [1.29, 1.82) is 5.26 Å². The smallest absolute Gasteiger partial charge is 0.320 e. The second-order valence-corrected chi connectivity index (χ2v) is 9.82. The molecule has 4 aromatic rings. The van der Waals surface area contributed by atoms with E-state index in [1.165, 1.54) is 51.5 Å². The number of nitrogens with one attached hydrogen (secondary N) is 2. The molecule has 0 aliphatic heterocycles. The van der Waals surface area contributed by atoms with Gasteiger partial charge >= 0.3 is 18.0 Å². The van der Waals surface area contributed by atoms with Gasteiger partial charge in [-0.2, -0.15) is 41.5 Å². The van der Waals surface area contributed by atoms with Crippen molar-refractivity contribution in [2.45, 2.75) is 31.5 Å². The lowest BCUT2D eigenvalue weighted by Crippen LogP contribution is -2.51. The van der Waals surface area contributed by atoms with Gasteiger partial charge in [0.2, 0.25) is 5.82 Å². The number of aromatic nitrogens is 7. The summed E-state index contributed by atoms with van der Waals surface area (Å²) in [6.07, 6.45) is -11.6. The number of hydrogen-bond donors (Lipinski definition) is 2. The van der Waals surface area contributed by atoms with Gasteiger partial charge in [-0.1, -0.05) is 11.6 Å². The Kier molecular flexibility index (Phi) is 9.03. The molecule has 46 heavy (non-hydrogen) atoms. The van der Waals surface area contributed by atoms with E-state index in [2.05, 4.69) is 36.2 Å². The number of amides is 2. The van der Waals surface area contributed by atoms with E-state index in [1.54, 1.807) is 0 Å². The molecule has 0 atom stereocenters. The van der Waals surface area contributed by atoms with Crippen molar-refractivity contribution in [1.82, 2.24) is 45.4 Å². The highest BCUT2D eigenvalue weighted by atomic mass is 35.5. The summed E-state index contributed by atoms with van der Waals surface area (Å²) in [7, 11) is 2.85. The van der Waals surface area contributed by atoms with Gasteiger partial charge in [0.15, 0.2) is 5.82 Å². The average molecular weight is 674 g/mol. The first kappa shape index (κ1) is 33.7. The number of carbonyl (C=O) groups is 2. The van der Waals surface area contributed by atoms with Gasteiger partial charge in [0.1, 0.15) is 12.2 Å². The molecule has 1 aromatic carbocycles. The molecule has 13 nitrogen and oxygen atoms in total. The third kappa shape index (κ3) is 6.18. The summed E-state index contributed by atoms with van der Waals surface area (Å²) in [5.74, 6) is -3.99. The van der Waals surface area contributed by atoms with Crippen LogP contribution in [0.3, 0.4) is 0 Å². The fourth-order valence-corrected chi connectivity index (χ4v) is 4.22. The lowest BCUT2D eigenvalue weighted by atomic mass is 10.0. The second-order valence-electron chi connectivity index (χ2n) is 9.41. The largest absolute Gasteiger partial charge is 0.439 e. The zero-order chi connectivity index (χ0) is 34.2. The number of aryl methyl sites for hydroxylation is 1. The lowest BCUT2D eigenvalue weighted by Gasteiger charge is -2.26. The molecule has 0 radical (unpaired) electrons. The highest BCUT2D eigenvalue weighted by Gasteiger charge is 2.76. The van der Waals surface area contributed by atoms with Crippen LogP contribution in [0.2, 0.25) is 5.02 Å². The molecule has 4 rings (SSSR count). The maximum absolute atomic E-state index is 14.4. The molecule has 2 N–H and O–H groups in total. The Labute approximate surface area is 258 Å². The van der Waals surface area contributed by atoms with Crippen molar-refractivity contribution in [3.05, 3.63) is 75.5 Å². The quantitative estimate of drug-likeness (QED) is 0.209. The van der Waals surface area contributed by atoms with Gasteiger partial charge in [0.25, 0.3) is 11.8 Å². The zero-order valence-corrected chi connectivity index (χ0v) is 24.3. The predicted octanol–water partition coefficient (Wildman–Crippen LogP) is 3.88. The van der Waals surface area contributed by atoms with E-state index in [4.69, 9.17) is 11.6 Å². The molecule has 0 bridgehead atoms.